The van der Waals surface area contributed by atoms with E-state index in [9.17, 15) is 9.90 Å². The highest BCUT2D eigenvalue weighted by molar-refractivity contribution is 5.74. The lowest BCUT2D eigenvalue weighted by Crippen LogP contribution is -2.54. The highest BCUT2D eigenvalue weighted by Gasteiger charge is 2.57. The van der Waals surface area contributed by atoms with Crippen molar-refractivity contribution in [2.75, 3.05) is 0 Å². The molecule has 124 valence electrons. The number of rotatable bonds is 1. The molecule has 0 aliphatic heterocycles. The van der Waals surface area contributed by atoms with Crippen molar-refractivity contribution in [2.45, 2.75) is 79.1 Å². The Morgan fingerprint density at radius 1 is 1.09 bits per heavy atom. The fourth-order valence-electron chi connectivity index (χ4n) is 6.11. The van der Waals surface area contributed by atoms with Crippen molar-refractivity contribution in [2.24, 2.45) is 28.6 Å². The van der Waals surface area contributed by atoms with Crippen LogP contribution in [0, 0.1) is 28.6 Å². The van der Waals surface area contributed by atoms with Crippen molar-refractivity contribution in [3.05, 3.63) is 11.1 Å². The molecule has 5 atom stereocenters. The van der Waals surface area contributed by atoms with Crippen molar-refractivity contribution in [3.63, 3.8) is 0 Å². The zero-order chi connectivity index (χ0) is 16.1. The summed E-state index contributed by atoms with van der Waals surface area (Å²) in [5.41, 5.74) is 3.09. The van der Waals surface area contributed by atoms with E-state index in [1.54, 1.807) is 5.57 Å². The van der Waals surface area contributed by atoms with E-state index in [2.05, 4.69) is 20.8 Å². The lowest BCUT2D eigenvalue weighted by molar-refractivity contribution is -0.165. The zero-order valence-corrected chi connectivity index (χ0v) is 14.7. The maximum absolute atomic E-state index is 11.9. The Hall–Kier alpha value is -0.790. The minimum absolute atomic E-state index is 0.374. The average molecular weight is 304 g/mol. The van der Waals surface area contributed by atoms with Crippen molar-refractivity contribution >= 4 is 5.97 Å². The normalized spacial score (nSPS) is 44.9. The number of fused-ring (bicyclic) bond motifs is 3. The lowest BCUT2D eigenvalue weighted by atomic mass is 9.45. The first-order chi connectivity index (χ1) is 10.3. The fourth-order valence-corrected chi connectivity index (χ4v) is 6.11. The van der Waals surface area contributed by atoms with Crippen LogP contribution in [0.1, 0.15) is 79.1 Å². The maximum atomic E-state index is 11.9. The molecule has 0 aromatic rings. The highest BCUT2D eigenvalue weighted by Crippen LogP contribution is 2.63. The largest absolute Gasteiger partial charge is 0.481 e. The predicted molar refractivity (Wildman–Crippen MR) is 89.6 cm³/mol. The van der Waals surface area contributed by atoms with Gasteiger partial charge < -0.3 is 5.11 Å². The number of carboxylic acids is 1. The Morgan fingerprint density at radius 3 is 2.45 bits per heavy atom. The summed E-state index contributed by atoms with van der Waals surface area (Å²) < 4.78 is 0. The summed E-state index contributed by atoms with van der Waals surface area (Å²) in [6.07, 6.45) is 9.38. The van der Waals surface area contributed by atoms with Crippen LogP contribution in [0.2, 0.25) is 0 Å². The standard InChI is InChI=1S/C20H32O2/c1-13(2)14-9-11-19(3)15(12-14)7-8-17-16(19)6-5-10-20(17,4)18(21)22/h15-17H,5-12H2,1-4H3,(H,21,22)/t15?,16?,17?,19-,20+/m1/s1. The molecule has 3 saturated carbocycles. The van der Waals surface area contributed by atoms with Crippen molar-refractivity contribution in [1.29, 1.82) is 0 Å². The topological polar surface area (TPSA) is 37.3 Å². The molecule has 3 rings (SSSR count). The van der Waals surface area contributed by atoms with Crippen LogP contribution in [0.4, 0.5) is 0 Å². The number of allylic oxidation sites excluding steroid dienone is 2. The summed E-state index contributed by atoms with van der Waals surface area (Å²) in [5.74, 6) is 1.25. The summed E-state index contributed by atoms with van der Waals surface area (Å²) >= 11 is 0. The molecule has 0 saturated heterocycles. The van der Waals surface area contributed by atoms with Crippen LogP contribution in [0.15, 0.2) is 11.1 Å². The summed E-state index contributed by atoms with van der Waals surface area (Å²) in [7, 11) is 0. The Bertz CT molecular complexity index is 502. The third kappa shape index (κ3) is 2.25. The van der Waals surface area contributed by atoms with Gasteiger partial charge in [-0.25, -0.2) is 0 Å². The van der Waals surface area contributed by atoms with E-state index in [4.69, 9.17) is 0 Å². The van der Waals surface area contributed by atoms with Crippen molar-refractivity contribution < 1.29 is 9.90 Å². The molecule has 0 radical (unpaired) electrons. The van der Waals surface area contributed by atoms with Gasteiger partial charge in [0, 0.05) is 0 Å². The van der Waals surface area contributed by atoms with Crippen molar-refractivity contribution in [1.82, 2.24) is 0 Å². The van der Waals surface area contributed by atoms with Gasteiger partial charge in [-0.05, 0) is 88.9 Å². The first-order valence-corrected chi connectivity index (χ1v) is 9.17. The maximum Gasteiger partial charge on any atom is 0.309 e. The van der Waals surface area contributed by atoms with Crippen LogP contribution in [-0.4, -0.2) is 11.1 Å². The predicted octanol–water partition coefficient (Wildman–Crippen LogP) is 5.43. The molecule has 3 aliphatic rings. The van der Waals surface area contributed by atoms with E-state index in [0.29, 0.717) is 17.3 Å². The Labute approximate surface area is 135 Å². The van der Waals surface area contributed by atoms with Gasteiger partial charge in [0.2, 0.25) is 0 Å². The van der Waals surface area contributed by atoms with Crippen LogP contribution in [0.3, 0.4) is 0 Å². The number of hydrogen-bond donors (Lipinski definition) is 1. The van der Waals surface area contributed by atoms with E-state index >= 15 is 0 Å². The van der Waals surface area contributed by atoms with Gasteiger partial charge in [0.25, 0.3) is 0 Å². The smallest absolute Gasteiger partial charge is 0.309 e. The molecule has 22 heavy (non-hydrogen) atoms. The van der Waals surface area contributed by atoms with Gasteiger partial charge in [0.05, 0.1) is 5.41 Å². The van der Waals surface area contributed by atoms with Gasteiger partial charge >= 0.3 is 5.97 Å². The molecule has 0 aromatic heterocycles. The summed E-state index contributed by atoms with van der Waals surface area (Å²) in [6, 6.07) is 0. The molecule has 0 amide bonds. The molecule has 3 aliphatic carbocycles. The van der Waals surface area contributed by atoms with E-state index in [1.165, 1.54) is 37.7 Å². The molecule has 0 aromatic carbocycles. The summed E-state index contributed by atoms with van der Waals surface area (Å²) in [6.45, 7) is 9.03. The first-order valence-electron chi connectivity index (χ1n) is 9.17. The third-order valence-corrected chi connectivity index (χ3v) is 7.78. The molecular weight excluding hydrogens is 272 g/mol. The Balaban J connectivity index is 1.90. The number of carbonyl (C=O) groups is 1. The minimum Gasteiger partial charge on any atom is -0.481 e. The number of carboxylic acid groups (broad SMARTS) is 1. The van der Waals surface area contributed by atoms with Gasteiger partial charge in [-0.1, -0.05) is 24.5 Å². The van der Waals surface area contributed by atoms with Crippen LogP contribution in [0.25, 0.3) is 0 Å². The van der Waals surface area contributed by atoms with E-state index < -0.39 is 11.4 Å². The molecule has 1 N–H and O–H groups in total. The second-order valence-corrected chi connectivity index (χ2v) is 8.92. The fraction of sp³-hybridized carbons (Fsp3) is 0.850. The Kier molecular flexibility index (Phi) is 3.94. The Morgan fingerprint density at radius 2 is 1.82 bits per heavy atom. The van der Waals surface area contributed by atoms with E-state index in [-0.39, 0.29) is 0 Å². The van der Waals surface area contributed by atoms with Crippen LogP contribution < -0.4 is 0 Å². The highest BCUT2D eigenvalue weighted by atomic mass is 16.4. The van der Waals surface area contributed by atoms with Gasteiger partial charge in [-0.2, -0.15) is 0 Å². The van der Waals surface area contributed by atoms with Crippen molar-refractivity contribution in [3.8, 4) is 0 Å². The molecule has 0 heterocycles. The van der Waals surface area contributed by atoms with Crippen LogP contribution >= 0.6 is 0 Å². The second-order valence-electron chi connectivity index (χ2n) is 8.92. The summed E-state index contributed by atoms with van der Waals surface area (Å²) in [5, 5.41) is 9.82. The molecule has 3 fully saturated rings. The van der Waals surface area contributed by atoms with Crippen LogP contribution in [-0.2, 0) is 4.79 Å². The molecule has 0 spiro atoms. The van der Waals surface area contributed by atoms with Gasteiger partial charge in [-0.15, -0.1) is 0 Å². The van der Waals surface area contributed by atoms with Gasteiger partial charge in [0.1, 0.15) is 0 Å². The quantitative estimate of drug-likeness (QED) is 0.656. The van der Waals surface area contributed by atoms with Crippen LogP contribution in [0.5, 0.6) is 0 Å². The first kappa shape index (κ1) is 16.1. The molecule has 3 unspecified atom stereocenters. The van der Waals surface area contributed by atoms with Gasteiger partial charge in [0.15, 0.2) is 0 Å². The number of hydrogen-bond acceptors (Lipinski definition) is 1. The second kappa shape index (κ2) is 5.39. The van der Waals surface area contributed by atoms with E-state index in [1.807, 2.05) is 6.92 Å². The molecule has 2 nitrogen and oxygen atoms in total. The zero-order valence-electron chi connectivity index (χ0n) is 14.7. The monoisotopic (exact) mass is 304 g/mol. The average Bonchev–Trinajstić information content (AvgIpc) is 2.46. The summed E-state index contributed by atoms with van der Waals surface area (Å²) in [4.78, 5) is 11.9. The van der Waals surface area contributed by atoms with E-state index in [0.717, 1.165) is 25.2 Å². The number of aliphatic carboxylic acids is 1. The molecule has 0 bridgehead atoms. The molecule has 2 heteroatoms. The SMILES string of the molecule is CC(C)=C1CC[C@]2(C)C(CCC3C2CCC[C@]3(C)C(=O)O)C1. The molecular formula is C20H32O2. The lowest BCUT2D eigenvalue weighted by Gasteiger charge is -2.59. The van der Waals surface area contributed by atoms with Gasteiger partial charge in [-0.3, -0.25) is 4.79 Å². The minimum atomic E-state index is -0.551. The third-order valence-electron chi connectivity index (χ3n) is 7.78.